The summed E-state index contributed by atoms with van der Waals surface area (Å²) in [6.45, 7) is 3.13. The van der Waals surface area contributed by atoms with Crippen molar-refractivity contribution in [3.63, 3.8) is 0 Å². The standard InChI is InChI=1S/C10H14ClNO3S/c1-7(13)6-12-16(14,15)10-5-3-4-9(11)8(10)2/h3-5,7,12-13H,6H2,1-2H3. The molecule has 1 unspecified atom stereocenters. The van der Waals surface area contributed by atoms with Crippen molar-refractivity contribution in [1.82, 2.24) is 4.72 Å². The predicted octanol–water partition coefficient (Wildman–Crippen LogP) is 1.31. The van der Waals surface area contributed by atoms with Crippen LogP contribution in [-0.4, -0.2) is 26.2 Å². The van der Waals surface area contributed by atoms with E-state index in [1.54, 1.807) is 19.1 Å². The third-order valence-corrected chi connectivity index (χ3v) is 4.05. The second-order valence-corrected chi connectivity index (χ2v) is 5.71. The van der Waals surface area contributed by atoms with Crippen LogP contribution in [0.15, 0.2) is 23.1 Å². The molecule has 0 bridgehead atoms. The molecular formula is C10H14ClNO3S. The zero-order valence-corrected chi connectivity index (χ0v) is 10.6. The van der Waals surface area contributed by atoms with E-state index < -0.39 is 16.1 Å². The number of aliphatic hydroxyl groups excluding tert-OH is 1. The summed E-state index contributed by atoms with van der Waals surface area (Å²) in [5.41, 5.74) is 0.502. The van der Waals surface area contributed by atoms with E-state index in [1.165, 1.54) is 13.0 Å². The minimum absolute atomic E-state index is 0.0196. The Kier molecular flexibility index (Phi) is 4.32. The molecule has 90 valence electrons. The highest BCUT2D eigenvalue weighted by Gasteiger charge is 2.17. The first-order valence-corrected chi connectivity index (χ1v) is 6.63. The minimum atomic E-state index is -3.60. The summed E-state index contributed by atoms with van der Waals surface area (Å²) in [5, 5.41) is 9.44. The van der Waals surface area contributed by atoms with E-state index in [-0.39, 0.29) is 11.4 Å². The normalized spacial score (nSPS) is 13.8. The van der Waals surface area contributed by atoms with Crippen LogP contribution in [0.3, 0.4) is 0 Å². The molecule has 0 saturated carbocycles. The zero-order chi connectivity index (χ0) is 12.3. The van der Waals surface area contributed by atoms with E-state index >= 15 is 0 Å². The van der Waals surface area contributed by atoms with Crippen molar-refractivity contribution in [2.75, 3.05) is 6.54 Å². The maximum Gasteiger partial charge on any atom is 0.240 e. The van der Waals surface area contributed by atoms with Crippen LogP contribution >= 0.6 is 11.6 Å². The van der Waals surface area contributed by atoms with Gasteiger partial charge >= 0.3 is 0 Å². The largest absolute Gasteiger partial charge is 0.392 e. The molecule has 0 aliphatic carbocycles. The van der Waals surface area contributed by atoms with E-state index in [9.17, 15) is 8.42 Å². The van der Waals surface area contributed by atoms with Crippen molar-refractivity contribution in [3.05, 3.63) is 28.8 Å². The third-order valence-electron chi connectivity index (χ3n) is 2.08. The molecule has 16 heavy (non-hydrogen) atoms. The quantitative estimate of drug-likeness (QED) is 0.861. The summed E-state index contributed by atoms with van der Waals surface area (Å²) in [7, 11) is -3.60. The van der Waals surface area contributed by atoms with Crippen LogP contribution in [0.4, 0.5) is 0 Å². The molecule has 0 radical (unpaired) electrons. The van der Waals surface area contributed by atoms with Gasteiger partial charge in [0.2, 0.25) is 10.0 Å². The van der Waals surface area contributed by atoms with Gasteiger partial charge in [-0.1, -0.05) is 17.7 Å². The molecule has 2 N–H and O–H groups in total. The molecule has 0 amide bonds. The lowest BCUT2D eigenvalue weighted by Crippen LogP contribution is -2.31. The van der Waals surface area contributed by atoms with E-state index in [0.717, 1.165) is 0 Å². The minimum Gasteiger partial charge on any atom is -0.392 e. The fourth-order valence-electron chi connectivity index (χ4n) is 1.19. The number of aliphatic hydroxyl groups is 1. The Balaban J connectivity index is 3.03. The second kappa shape index (κ2) is 5.14. The van der Waals surface area contributed by atoms with E-state index in [4.69, 9.17) is 16.7 Å². The van der Waals surface area contributed by atoms with E-state index in [2.05, 4.69) is 4.72 Å². The fraction of sp³-hybridized carbons (Fsp3) is 0.400. The van der Waals surface area contributed by atoms with Crippen molar-refractivity contribution in [1.29, 1.82) is 0 Å². The van der Waals surface area contributed by atoms with Crippen molar-refractivity contribution in [3.8, 4) is 0 Å². The Morgan fingerprint density at radius 1 is 1.50 bits per heavy atom. The van der Waals surface area contributed by atoms with Gasteiger partial charge in [-0.15, -0.1) is 0 Å². The van der Waals surface area contributed by atoms with Crippen LogP contribution in [0.5, 0.6) is 0 Å². The lowest BCUT2D eigenvalue weighted by atomic mass is 10.2. The van der Waals surface area contributed by atoms with Crippen molar-refractivity contribution in [2.24, 2.45) is 0 Å². The van der Waals surface area contributed by atoms with E-state index in [0.29, 0.717) is 10.6 Å². The molecule has 4 nitrogen and oxygen atoms in total. The van der Waals surface area contributed by atoms with Gasteiger partial charge in [0.25, 0.3) is 0 Å². The number of halogens is 1. The first kappa shape index (κ1) is 13.4. The Hall–Kier alpha value is -0.620. The lowest BCUT2D eigenvalue weighted by molar-refractivity contribution is 0.198. The summed E-state index contributed by atoms with van der Waals surface area (Å²) < 4.78 is 26.0. The van der Waals surface area contributed by atoms with Crippen molar-refractivity contribution < 1.29 is 13.5 Å². The van der Waals surface area contributed by atoms with Gasteiger partial charge in [-0.2, -0.15) is 0 Å². The van der Waals surface area contributed by atoms with Crippen LogP contribution in [0, 0.1) is 6.92 Å². The summed E-state index contributed by atoms with van der Waals surface area (Å²) in [6.07, 6.45) is -0.728. The number of rotatable bonds is 4. The summed E-state index contributed by atoms with van der Waals surface area (Å²) in [4.78, 5) is 0.139. The van der Waals surface area contributed by atoms with Crippen molar-refractivity contribution in [2.45, 2.75) is 24.8 Å². The highest BCUT2D eigenvalue weighted by molar-refractivity contribution is 7.89. The molecule has 0 aromatic heterocycles. The lowest BCUT2D eigenvalue weighted by Gasteiger charge is -2.11. The SMILES string of the molecule is Cc1c(Cl)cccc1S(=O)(=O)NCC(C)O. The molecule has 0 heterocycles. The van der Waals surface area contributed by atoms with Gasteiger partial charge in [0.05, 0.1) is 11.0 Å². The highest BCUT2D eigenvalue weighted by atomic mass is 35.5. The molecule has 1 rings (SSSR count). The van der Waals surface area contributed by atoms with E-state index in [1.807, 2.05) is 0 Å². The topological polar surface area (TPSA) is 66.4 Å². The first-order valence-electron chi connectivity index (χ1n) is 4.77. The number of sulfonamides is 1. The first-order chi connectivity index (χ1) is 7.34. The Bertz CT molecular complexity index is 471. The molecule has 0 fully saturated rings. The molecule has 0 aliphatic heterocycles. The maximum absolute atomic E-state index is 11.8. The molecule has 1 aromatic carbocycles. The van der Waals surface area contributed by atoms with Gasteiger partial charge in [-0.05, 0) is 31.5 Å². The van der Waals surface area contributed by atoms with Gasteiger partial charge in [0.15, 0.2) is 0 Å². The molecule has 1 aromatic rings. The molecule has 1 atom stereocenters. The molecule has 6 heteroatoms. The van der Waals surface area contributed by atoms with Crippen LogP contribution in [0.25, 0.3) is 0 Å². The van der Waals surface area contributed by atoms with Crippen LogP contribution < -0.4 is 4.72 Å². The summed E-state index contributed by atoms with van der Waals surface area (Å²) in [6, 6.07) is 4.68. The average Bonchev–Trinajstić information content (AvgIpc) is 2.19. The molecule has 0 spiro atoms. The van der Waals surface area contributed by atoms with Gasteiger partial charge < -0.3 is 5.11 Å². The summed E-state index contributed by atoms with van der Waals surface area (Å²) in [5.74, 6) is 0. The Labute approximate surface area is 100 Å². The summed E-state index contributed by atoms with van der Waals surface area (Å²) >= 11 is 5.84. The second-order valence-electron chi connectivity index (χ2n) is 3.56. The number of benzene rings is 1. The molecule has 0 aliphatic rings. The maximum atomic E-state index is 11.8. The van der Waals surface area contributed by atoms with Gasteiger partial charge in [0, 0.05) is 11.6 Å². The van der Waals surface area contributed by atoms with Gasteiger partial charge in [-0.3, -0.25) is 0 Å². The monoisotopic (exact) mass is 263 g/mol. The molecular weight excluding hydrogens is 250 g/mol. The molecule has 0 saturated heterocycles. The van der Waals surface area contributed by atoms with Crippen LogP contribution in [-0.2, 0) is 10.0 Å². The Morgan fingerprint density at radius 3 is 2.69 bits per heavy atom. The number of nitrogens with one attached hydrogen (secondary N) is 1. The van der Waals surface area contributed by atoms with Crippen LogP contribution in [0.2, 0.25) is 5.02 Å². The number of hydrogen-bond acceptors (Lipinski definition) is 3. The van der Waals surface area contributed by atoms with Crippen molar-refractivity contribution >= 4 is 21.6 Å². The number of hydrogen-bond donors (Lipinski definition) is 2. The third kappa shape index (κ3) is 3.18. The fourth-order valence-corrected chi connectivity index (χ4v) is 2.80. The van der Waals surface area contributed by atoms with Gasteiger partial charge in [-0.25, -0.2) is 13.1 Å². The predicted molar refractivity (Wildman–Crippen MR) is 63.1 cm³/mol. The highest BCUT2D eigenvalue weighted by Crippen LogP contribution is 2.22. The van der Waals surface area contributed by atoms with Crippen LogP contribution in [0.1, 0.15) is 12.5 Å². The Morgan fingerprint density at radius 2 is 2.12 bits per heavy atom. The van der Waals surface area contributed by atoms with Gasteiger partial charge in [0.1, 0.15) is 0 Å². The smallest absolute Gasteiger partial charge is 0.240 e. The zero-order valence-electron chi connectivity index (χ0n) is 9.07. The average molecular weight is 264 g/mol.